The fourth-order valence-electron chi connectivity index (χ4n) is 3.63. The standard InChI is InChI=1S/C18H14F3N7O5S2/c19-18(20,21)9-5-6(3-4-23-9)34-8-2-1-7-10(15(30)28(7)12(8)16(31)32)24-14(29)11(26-33)13-25-17(22)35-27-13/h3-5,7,10,33H,1-2H2,(H,24,29)(H,31,32)(H2,22,25,27)/b26-11-/t7?,10-/m0/s1. The number of carboxylic acid groups (broad SMARTS) is 1. The van der Waals surface area contributed by atoms with Crippen molar-refractivity contribution in [3.63, 3.8) is 0 Å². The number of nitrogen functional groups attached to an aromatic ring is 1. The Bertz CT molecular complexity index is 1280. The number of amides is 2. The molecule has 0 aromatic carbocycles. The molecule has 12 nitrogen and oxygen atoms in total. The van der Waals surface area contributed by atoms with E-state index in [2.05, 4.69) is 24.8 Å². The Morgan fingerprint density at radius 2 is 2.11 bits per heavy atom. The van der Waals surface area contributed by atoms with Crippen LogP contribution < -0.4 is 11.1 Å². The molecule has 2 aliphatic heterocycles. The van der Waals surface area contributed by atoms with E-state index >= 15 is 0 Å². The molecule has 0 bridgehead atoms. The number of carboxylic acids is 1. The Balaban J connectivity index is 1.54. The van der Waals surface area contributed by atoms with Crippen molar-refractivity contribution in [2.24, 2.45) is 5.16 Å². The molecule has 4 heterocycles. The summed E-state index contributed by atoms with van der Waals surface area (Å²) in [6, 6.07) is 0.251. The normalized spacial score (nSPS) is 20.4. The molecule has 1 saturated heterocycles. The van der Waals surface area contributed by atoms with Crippen molar-refractivity contribution >= 4 is 51.9 Å². The minimum Gasteiger partial charge on any atom is -0.477 e. The van der Waals surface area contributed by atoms with Crippen molar-refractivity contribution in [1.82, 2.24) is 24.6 Å². The molecule has 0 radical (unpaired) electrons. The van der Waals surface area contributed by atoms with E-state index in [1.54, 1.807) is 0 Å². The van der Waals surface area contributed by atoms with E-state index in [0.29, 0.717) is 0 Å². The number of alkyl halides is 3. The molecule has 2 aliphatic rings. The van der Waals surface area contributed by atoms with Crippen LogP contribution in [0.5, 0.6) is 0 Å². The molecule has 2 amide bonds. The van der Waals surface area contributed by atoms with Gasteiger partial charge in [0.1, 0.15) is 17.4 Å². The number of carbonyl (C=O) groups is 3. The fraction of sp³-hybridized carbons (Fsp3) is 0.278. The number of β-lactam (4-membered cyclic amide) rings is 1. The van der Waals surface area contributed by atoms with Crippen LogP contribution in [0, 0.1) is 0 Å². The maximum atomic E-state index is 13.0. The van der Waals surface area contributed by atoms with Crippen LogP contribution >= 0.6 is 23.3 Å². The smallest absolute Gasteiger partial charge is 0.433 e. The maximum absolute atomic E-state index is 13.0. The third kappa shape index (κ3) is 4.63. The number of allylic oxidation sites excluding steroid dienone is 1. The van der Waals surface area contributed by atoms with Gasteiger partial charge in [0.15, 0.2) is 5.13 Å². The zero-order valence-corrected chi connectivity index (χ0v) is 18.8. The molecule has 4 rings (SSSR count). The number of hydrogen-bond acceptors (Lipinski definition) is 11. The third-order valence-corrected chi connectivity index (χ3v) is 6.79. The van der Waals surface area contributed by atoms with E-state index in [4.69, 9.17) is 5.73 Å². The summed E-state index contributed by atoms with van der Waals surface area (Å²) in [5.74, 6) is -3.41. The molecule has 1 unspecified atom stereocenters. The van der Waals surface area contributed by atoms with Gasteiger partial charge in [-0.1, -0.05) is 16.9 Å². The highest BCUT2D eigenvalue weighted by molar-refractivity contribution is 8.03. The Hall–Kier alpha value is -3.73. The lowest BCUT2D eigenvalue weighted by atomic mass is 9.86. The van der Waals surface area contributed by atoms with Gasteiger partial charge >= 0.3 is 12.1 Å². The molecule has 2 aromatic heterocycles. The van der Waals surface area contributed by atoms with Crippen molar-refractivity contribution in [3.05, 3.63) is 40.5 Å². The Morgan fingerprint density at radius 1 is 1.37 bits per heavy atom. The third-order valence-electron chi connectivity index (χ3n) is 5.11. The lowest BCUT2D eigenvalue weighted by Crippen LogP contribution is -2.72. The first-order valence-electron chi connectivity index (χ1n) is 9.64. The van der Waals surface area contributed by atoms with Crippen molar-refractivity contribution < 1.29 is 37.9 Å². The second-order valence-corrected chi connectivity index (χ2v) is 9.18. The number of nitrogens with two attached hydrogens (primary N) is 1. The van der Waals surface area contributed by atoms with Gasteiger partial charge in [-0.2, -0.15) is 22.5 Å². The summed E-state index contributed by atoms with van der Waals surface area (Å²) in [6.07, 6.45) is -3.36. The predicted octanol–water partition coefficient (Wildman–Crippen LogP) is 1.29. The van der Waals surface area contributed by atoms with E-state index in [1.807, 2.05) is 0 Å². The average molecular weight is 529 g/mol. The van der Waals surface area contributed by atoms with Crippen LogP contribution in [0.15, 0.2) is 39.0 Å². The number of thioether (sulfide) groups is 1. The Morgan fingerprint density at radius 3 is 2.71 bits per heavy atom. The molecular formula is C18H14F3N7O5S2. The number of aromatic nitrogens is 3. The molecule has 0 aliphatic carbocycles. The Kier molecular flexibility index (Phi) is 6.37. The van der Waals surface area contributed by atoms with Gasteiger partial charge in [-0.05, 0) is 25.0 Å². The second-order valence-electron chi connectivity index (χ2n) is 7.22. The SMILES string of the molecule is Nc1nc(/C(=N/O)C(=O)N[C@@H]2C(=O)N3C(C(=O)O)=C(Sc4ccnc(C(F)(F)F)c4)CCC23)ns1. The minimum atomic E-state index is -4.67. The van der Waals surface area contributed by atoms with Gasteiger partial charge in [0.05, 0.1) is 6.04 Å². The van der Waals surface area contributed by atoms with Crippen LogP contribution in [-0.4, -0.2) is 65.1 Å². The summed E-state index contributed by atoms with van der Waals surface area (Å²) in [7, 11) is 0. The number of fused-ring (bicyclic) bond motifs is 1. The highest BCUT2D eigenvalue weighted by Gasteiger charge is 2.54. The first-order valence-corrected chi connectivity index (χ1v) is 11.2. The van der Waals surface area contributed by atoms with Crippen molar-refractivity contribution in [3.8, 4) is 0 Å². The van der Waals surface area contributed by atoms with Crippen molar-refractivity contribution in [1.29, 1.82) is 0 Å². The number of pyridine rings is 1. The number of anilines is 1. The lowest BCUT2D eigenvalue weighted by Gasteiger charge is -2.50. The van der Waals surface area contributed by atoms with Gasteiger partial charge < -0.3 is 21.4 Å². The van der Waals surface area contributed by atoms with E-state index in [1.165, 1.54) is 6.07 Å². The van der Waals surface area contributed by atoms with Gasteiger partial charge in [0.2, 0.25) is 11.5 Å². The Labute approximate surface area is 201 Å². The largest absolute Gasteiger partial charge is 0.477 e. The van der Waals surface area contributed by atoms with E-state index < -0.39 is 47.4 Å². The number of nitrogens with zero attached hydrogens (tertiary/aromatic N) is 5. The van der Waals surface area contributed by atoms with Crippen molar-refractivity contribution in [2.45, 2.75) is 36.0 Å². The van der Waals surface area contributed by atoms with Gasteiger partial charge in [0.25, 0.3) is 11.8 Å². The quantitative estimate of drug-likeness (QED) is 0.184. The average Bonchev–Trinajstić information content (AvgIpc) is 3.22. The highest BCUT2D eigenvalue weighted by Crippen LogP contribution is 2.43. The highest BCUT2D eigenvalue weighted by atomic mass is 32.2. The summed E-state index contributed by atoms with van der Waals surface area (Å²) in [6.45, 7) is 0. The van der Waals surface area contributed by atoms with E-state index in [9.17, 15) is 37.9 Å². The van der Waals surface area contributed by atoms with E-state index in [-0.39, 0.29) is 39.3 Å². The lowest BCUT2D eigenvalue weighted by molar-refractivity contribution is -0.155. The summed E-state index contributed by atoms with van der Waals surface area (Å²) in [5, 5.41) is 24.2. The molecule has 1 fully saturated rings. The number of halogens is 3. The number of oxime groups is 1. The molecule has 0 spiro atoms. The molecule has 0 saturated carbocycles. The molecule has 2 aromatic rings. The zero-order valence-electron chi connectivity index (χ0n) is 17.2. The van der Waals surface area contributed by atoms with Crippen LogP contribution in [0.2, 0.25) is 0 Å². The number of rotatable bonds is 6. The summed E-state index contributed by atoms with van der Waals surface area (Å²) in [5.41, 5.74) is 3.37. The fourth-order valence-corrected chi connectivity index (χ4v) is 5.15. The number of nitrogens with one attached hydrogen (secondary N) is 1. The minimum absolute atomic E-state index is 0.0185. The topological polar surface area (TPSA) is 184 Å². The number of hydrogen-bond donors (Lipinski definition) is 4. The summed E-state index contributed by atoms with van der Waals surface area (Å²) >= 11 is 1.55. The molecule has 5 N–H and O–H groups in total. The van der Waals surface area contributed by atoms with Crippen molar-refractivity contribution in [2.75, 3.05) is 5.73 Å². The summed E-state index contributed by atoms with van der Waals surface area (Å²) < 4.78 is 42.6. The predicted molar refractivity (Wildman–Crippen MR) is 114 cm³/mol. The molecule has 17 heteroatoms. The second kappa shape index (κ2) is 9.14. The van der Waals surface area contributed by atoms with Crippen LogP contribution in [0.4, 0.5) is 18.3 Å². The van der Waals surface area contributed by atoms with Gasteiger partial charge in [-0.3, -0.25) is 19.5 Å². The first kappa shape index (κ1) is 24.4. The molecule has 184 valence electrons. The molecule has 2 atom stereocenters. The first-order chi connectivity index (χ1) is 16.5. The van der Waals surface area contributed by atoms with Gasteiger partial charge in [0, 0.05) is 27.5 Å². The van der Waals surface area contributed by atoms with Crippen LogP contribution in [-0.2, 0) is 20.6 Å². The molecular weight excluding hydrogens is 515 g/mol. The summed E-state index contributed by atoms with van der Waals surface area (Å²) in [4.78, 5) is 45.5. The monoisotopic (exact) mass is 529 g/mol. The zero-order chi connectivity index (χ0) is 25.5. The number of carbonyl (C=O) groups excluding carboxylic acids is 2. The number of aliphatic carboxylic acids is 1. The van der Waals surface area contributed by atoms with Crippen LogP contribution in [0.25, 0.3) is 0 Å². The van der Waals surface area contributed by atoms with Gasteiger partial charge in [-0.25, -0.2) is 4.79 Å². The maximum Gasteiger partial charge on any atom is 0.433 e. The van der Waals surface area contributed by atoms with Crippen LogP contribution in [0.3, 0.4) is 0 Å². The van der Waals surface area contributed by atoms with Gasteiger partial charge in [-0.15, -0.1) is 0 Å². The van der Waals surface area contributed by atoms with Crippen LogP contribution in [0.1, 0.15) is 24.4 Å². The van der Waals surface area contributed by atoms with E-state index in [0.717, 1.165) is 40.5 Å². The molecule has 35 heavy (non-hydrogen) atoms.